The van der Waals surface area contributed by atoms with E-state index in [9.17, 15) is 14.7 Å². The monoisotopic (exact) mass is 489 g/mol. The zero-order valence-corrected chi connectivity index (χ0v) is 21.6. The minimum Gasteiger partial charge on any atom is -0.496 e. The van der Waals surface area contributed by atoms with Crippen LogP contribution in [0, 0.1) is 23.7 Å². The first-order chi connectivity index (χ1) is 17.4. The summed E-state index contributed by atoms with van der Waals surface area (Å²) in [6.07, 6.45) is 10.2. The molecule has 192 valence electrons. The first kappa shape index (κ1) is 24.9. The van der Waals surface area contributed by atoms with E-state index in [1.807, 2.05) is 37.3 Å². The molecule has 0 radical (unpaired) electrons. The third kappa shape index (κ3) is 5.02. The predicted octanol–water partition coefficient (Wildman–Crippen LogP) is 6.14. The van der Waals surface area contributed by atoms with Crippen LogP contribution < -0.4 is 10.1 Å². The van der Waals surface area contributed by atoms with Gasteiger partial charge in [0.25, 0.3) is 5.91 Å². The number of rotatable bonds is 10. The van der Waals surface area contributed by atoms with Crippen LogP contribution in [0.15, 0.2) is 42.5 Å². The number of amides is 1. The molecule has 0 aromatic heterocycles. The molecular formula is C31H39NO4. The fourth-order valence-electron chi connectivity index (χ4n) is 7.76. The van der Waals surface area contributed by atoms with Gasteiger partial charge in [0.05, 0.1) is 13.0 Å². The zero-order chi connectivity index (χ0) is 25.3. The lowest BCUT2D eigenvalue weighted by molar-refractivity contribution is -0.141. The summed E-state index contributed by atoms with van der Waals surface area (Å²) in [6, 6.07) is 14.1. The number of ether oxygens (including phenoxy) is 1. The van der Waals surface area contributed by atoms with Crippen LogP contribution >= 0.6 is 0 Å². The summed E-state index contributed by atoms with van der Waals surface area (Å²) in [4.78, 5) is 24.6. The number of methoxy groups -OCH3 is 1. The molecule has 0 spiro atoms. The quantitative estimate of drug-likeness (QED) is 0.421. The minimum absolute atomic E-state index is 0.103. The van der Waals surface area contributed by atoms with Gasteiger partial charge < -0.3 is 15.2 Å². The van der Waals surface area contributed by atoms with Gasteiger partial charge in [0.1, 0.15) is 5.75 Å². The molecule has 0 unspecified atom stereocenters. The van der Waals surface area contributed by atoms with Gasteiger partial charge in [0.2, 0.25) is 0 Å². The Hall–Kier alpha value is -2.82. The van der Waals surface area contributed by atoms with Crippen molar-refractivity contribution in [3.63, 3.8) is 0 Å². The smallest absolute Gasteiger partial charge is 0.306 e. The Morgan fingerprint density at radius 3 is 2.22 bits per heavy atom. The second-order valence-corrected chi connectivity index (χ2v) is 11.6. The van der Waals surface area contributed by atoms with E-state index in [2.05, 4.69) is 17.4 Å². The second kappa shape index (κ2) is 10.3. The molecule has 6 rings (SSSR count). The number of hydrogen-bond acceptors (Lipinski definition) is 3. The number of benzene rings is 2. The molecule has 4 aliphatic carbocycles. The van der Waals surface area contributed by atoms with Gasteiger partial charge in [0.15, 0.2) is 0 Å². The van der Waals surface area contributed by atoms with E-state index in [-0.39, 0.29) is 5.91 Å². The van der Waals surface area contributed by atoms with E-state index in [4.69, 9.17) is 4.74 Å². The molecule has 4 saturated carbocycles. The van der Waals surface area contributed by atoms with Crippen molar-refractivity contribution in [3.8, 4) is 5.75 Å². The maximum Gasteiger partial charge on any atom is 0.306 e. The summed E-state index contributed by atoms with van der Waals surface area (Å²) in [5.74, 6) is 2.12. The first-order valence-corrected chi connectivity index (χ1v) is 13.7. The van der Waals surface area contributed by atoms with Crippen molar-refractivity contribution in [2.75, 3.05) is 7.11 Å². The summed E-state index contributed by atoms with van der Waals surface area (Å²) >= 11 is 0. The molecule has 4 fully saturated rings. The van der Waals surface area contributed by atoms with E-state index < -0.39 is 11.9 Å². The molecule has 1 atom stereocenters. The van der Waals surface area contributed by atoms with Crippen LogP contribution in [0.3, 0.4) is 0 Å². The lowest BCUT2D eigenvalue weighted by atomic mass is 9.48. The molecule has 2 N–H and O–H groups in total. The molecule has 0 aliphatic heterocycles. The van der Waals surface area contributed by atoms with Gasteiger partial charge in [0, 0.05) is 17.7 Å². The highest BCUT2D eigenvalue weighted by Crippen LogP contribution is 2.60. The molecule has 4 bridgehead atoms. The lowest BCUT2D eigenvalue weighted by Crippen LogP contribution is -2.48. The summed E-state index contributed by atoms with van der Waals surface area (Å²) < 4.78 is 5.50. The highest BCUT2D eigenvalue weighted by atomic mass is 16.5. The fraction of sp³-hybridized carbons (Fsp3) is 0.548. The largest absolute Gasteiger partial charge is 0.496 e. The Kier molecular flexibility index (Phi) is 7.09. The number of carboxylic acids is 1. The van der Waals surface area contributed by atoms with Crippen LogP contribution in [-0.2, 0) is 23.2 Å². The number of aliphatic carboxylic acids is 1. The van der Waals surface area contributed by atoms with Crippen molar-refractivity contribution in [2.45, 2.75) is 76.7 Å². The Morgan fingerprint density at radius 1 is 1.03 bits per heavy atom. The Bertz CT molecular complexity index is 1070. The molecule has 0 saturated heterocycles. The fourth-order valence-corrected chi connectivity index (χ4v) is 7.76. The molecular weight excluding hydrogens is 450 g/mol. The van der Waals surface area contributed by atoms with E-state index >= 15 is 0 Å². The van der Waals surface area contributed by atoms with E-state index in [1.54, 1.807) is 7.11 Å². The van der Waals surface area contributed by atoms with Gasteiger partial charge in [-0.3, -0.25) is 9.59 Å². The SMILES string of the molecule is CCC[C@H](Cc1ccc(OC)c(CNC(=O)c2ccc(C34CC5CC(CC(C5)C3)C4)cc2)c1)C(=O)O. The van der Waals surface area contributed by atoms with Crippen LogP contribution in [0.2, 0.25) is 0 Å². The minimum atomic E-state index is -0.764. The summed E-state index contributed by atoms with van der Waals surface area (Å²) in [5, 5.41) is 12.6. The number of nitrogens with one attached hydrogen (secondary N) is 1. The summed E-state index contributed by atoms with van der Waals surface area (Å²) in [6.45, 7) is 2.33. The lowest BCUT2D eigenvalue weighted by Gasteiger charge is -2.57. The van der Waals surface area contributed by atoms with Crippen LogP contribution in [0.5, 0.6) is 5.75 Å². The summed E-state index contributed by atoms with van der Waals surface area (Å²) in [5.41, 5.74) is 4.23. The molecule has 2 aromatic carbocycles. The third-order valence-electron chi connectivity index (χ3n) is 9.05. The topological polar surface area (TPSA) is 75.6 Å². The van der Waals surface area contributed by atoms with Crippen molar-refractivity contribution >= 4 is 11.9 Å². The normalized spacial score (nSPS) is 27.0. The third-order valence-corrected chi connectivity index (χ3v) is 9.05. The highest BCUT2D eigenvalue weighted by molar-refractivity contribution is 5.94. The molecule has 2 aromatic rings. The Morgan fingerprint density at radius 2 is 1.67 bits per heavy atom. The second-order valence-electron chi connectivity index (χ2n) is 11.6. The van der Waals surface area contributed by atoms with Crippen LogP contribution in [0.1, 0.15) is 85.3 Å². The van der Waals surface area contributed by atoms with Crippen molar-refractivity contribution in [3.05, 3.63) is 64.7 Å². The van der Waals surface area contributed by atoms with Gasteiger partial charge in [-0.05, 0) is 104 Å². The molecule has 5 heteroatoms. The molecule has 36 heavy (non-hydrogen) atoms. The predicted molar refractivity (Wildman–Crippen MR) is 140 cm³/mol. The van der Waals surface area contributed by atoms with Crippen molar-refractivity contribution < 1.29 is 19.4 Å². The number of hydrogen-bond donors (Lipinski definition) is 2. The Labute approximate surface area is 214 Å². The highest BCUT2D eigenvalue weighted by Gasteiger charge is 2.51. The van der Waals surface area contributed by atoms with E-state index in [1.165, 1.54) is 44.1 Å². The Balaban J connectivity index is 1.24. The van der Waals surface area contributed by atoms with Gasteiger partial charge in [-0.15, -0.1) is 0 Å². The standard InChI is InChI=1S/C31H39NO4/c1-3-4-25(30(34)35)14-20-5-10-28(36-2)26(15-20)19-32-29(33)24-6-8-27(9-7-24)31-16-21-11-22(17-31)13-23(12-21)18-31/h5-10,15,21-23,25H,3-4,11-14,16-19H2,1-2H3,(H,32,33)(H,34,35)/t21?,22?,23?,25-,31?/m1/s1. The van der Waals surface area contributed by atoms with E-state index in [0.717, 1.165) is 35.3 Å². The molecule has 5 nitrogen and oxygen atoms in total. The number of carbonyl (C=O) groups is 2. The zero-order valence-electron chi connectivity index (χ0n) is 21.6. The van der Waals surface area contributed by atoms with E-state index in [0.29, 0.717) is 36.1 Å². The van der Waals surface area contributed by atoms with Crippen LogP contribution in [0.25, 0.3) is 0 Å². The van der Waals surface area contributed by atoms with Gasteiger partial charge >= 0.3 is 5.97 Å². The van der Waals surface area contributed by atoms with Gasteiger partial charge in [-0.25, -0.2) is 0 Å². The maximum absolute atomic E-state index is 13.0. The molecule has 4 aliphatic rings. The van der Waals surface area contributed by atoms with Crippen molar-refractivity contribution in [1.29, 1.82) is 0 Å². The number of carbonyl (C=O) groups excluding carboxylic acids is 1. The maximum atomic E-state index is 13.0. The van der Waals surface area contributed by atoms with Crippen molar-refractivity contribution in [2.24, 2.45) is 23.7 Å². The van der Waals surface area contributed by atoms with Crippen LogP contribution in [-0.4, -0.2) is 24.1 Å². The molecule has 0 heterocycles. The average molecular weight is 490 g/mol. The summed E-state index contributed by atoms with van der Waals surface area (Å²) in [7, 11) is 1.61. The number of carboxylic acid groups (broad SMARTS) is 1. The van der Waals surface area contributed by atoms with Crippen LogP contribution in [0.4, 0.5) is 0 Å². The average Bonchev–Trinajstić information content (AvgIpc) is 2.86. The molecule has 1 amide bonds. The van der Waals surface area contributed by atoms with Gasteiger partial charge in [-0.1, -0.05) is 37.6 Å². The van der Waals surface area contributed by atoms with Gasteiger partial charge in [-0.2, -0.15) is 0 Å². The first-order valence-electron chi connectivity index (χ1n) is 13.7. The van der Waals surface area contributed by atoms with Crippen molar-refractivity contribution in [1.82, 2.24) is 5.32 Å².